The second-order valence-electron chi connectivity index (χ2n) is 9.62. The van der Waals surface area contributed by atoms with Crippen molar-refractivity contribution in [2.75, 3.05) is 7.11 Å². The Morgan fingerprint density at radius 1 is 1.12 bits per heavy atom. The molecular weight excluding hydrogens is 304 g/mol. The monoisotopic (exact) mass is 334 g/mol. The van der Waals surface area contributed by atoms with Gasteiger partial charge in [0.05, 0.1) is 12.5 Å². The van der Waals surface area contributed by atoms with Crippen LogP contribution in [0.1, 0.15) is 71.6 Å². The molecule has 0 saturated heterocycles. The lowest BCUT2D eigenvalue weighted by atomic mass is 9.41. The Kier molecular flexibility index (Phi) is 3.34. The van der Waals surface area contributed by atoms with Gasteiger partial charge < -0.3 is 9.84 Å². The number of methoxy groups -OCH3 is 1. The molecule has 134 valence electrons. The third kappa shape index (κ3) is 1.84. The lowest BCUT2D eigenvalue weighted by molar-refractivity contribution is -0.188. The number of esters is 1. The van der Waals surface area contributed by atoms with E-state index in [1.807, 2.05) is 0 Å². The Morgan fingerprint density at radius 2 is 1.83 bits per heavy atom. The first-order valence-corrected chi connectivity index (χ1v) is 9.54. The van der Waals surface area contributed by atoms with Gasteiger partial charge in [-0.05, 0) is 74.5 Å². The average molecular weight is 334 g/mol. The minimum atomic E-state index is -1.06. The number of Topliss-reactive ketones (excluding diaryl/α,β-unsaturated/α-hetero) is 1. The second kappa shape index (κ2) is 4.84. The first-order valence-electron chi connectivity index (χ1n) is 9.54. The zero-order valence-corrected chi connectivity index (χ0v) is 15.2. The van der Waals surface area contributed by atoms with Crippen LogP contribution in [-0.2, 0) is 14.3 Å². The van der Waals surface area contributed by atoms with Crippen LogP contribution in [0.2, 0.25) is 0 Å². The van der Waals surface area contributed by atoms with Gasteiger partial charge in [0, 0.05) is 6.42 Å². The van der Waals surface area contributed by atoms with E-state index in [1.54, 1.807) is 0 Å². The highest BCUT2D eigenvalue weighted by molar-refractivity contribution is 5.90. The summed E-state index contributed by atoms with van der Waals surface area (Å²) in [6.07, 6.45) is 7.75. The SMILES string of the molecule is COC(=O)[C@]1(C)CCC[C@@]2(C)[C@@H]3CC[C@]4(O)C[C@@]3(CC[C@@H]21)CC4=O. The molecule has 0 unspecified atom stereocenters. The van der Waals surface area contributed by atoms with E-state index in [2.05, 4.69) is 13.8 Å². The van der Waals surface area contributed by atoms with E-state index in [-0.39, 0.29) is 22.6 Å². The smallest absolute Gasteiger partial charge is 0.311 e. The molecule has 4 fully saturated rings. The van der Waals surface area contributed by atoms with Crippen molar-refractivity contribution >= 4 is 11.8 Å². The van der Waals surface area contributed by atoms with Crippen molar-refractivity contribution < 1.29 is 19.4 Å². The summed E-state index contributed by atoms with van der Waals surface area (Å²) < 4.78 is 5.18. The Balaban J connectivity index is 1.74. The first kappa shape index (κ1) is 16.6. The summed E-state index contributed by atoms with van der Waals surface area (Å²) in [4.78, 5) is 25.0. The molecule has 0 heterocycles. The Morgan fingerprint density at radius 3 is 2.54 bits per heavy atom. The maximum absolute atomic E-state index is 12.6. The second-order valence-corrected chi connectivity index (χ2v) is 9.62. The average Bonchev–Trinajstić information content (AvgIpc) is 2.70. The van der Waals surface area contributed by atoms with Crippen LogP contribution in [0.15, 0.2) is 0 Å². The summed E-state index contributed by atoms with van der Waals surface area (Å²) in [5.74, 6) is 0.770. The molecule has 4 aliphatic carbocycles. The molecule has 24 heavy (non-hydrogen) atoms. The lowest BCUT2D eigenvalue weighted by Crippen LogP contribution is -2.59. The minimum absolute atomic E-state index is 0.0241. The number of rotatable bonds is 1. The third-order valence-corrected chi connectivity index (χ3v) is 8.62. The van der Waals surface area contributed by atoms with E-state index in [9.17, 15) is 14.7 Å². The molecular formula is C20H30O4. The van der Waals surface area contributed by atoms with Crippen LogP contribution >= 0.6 is 0 Å². The van der Waals surface area contributed by atoms with E-state index in [4.69, 9.17) is 4.74 Å². The molecule has 0 aromatic carbocycles. The largest absolute Gasteiger partial charge is 0.469 e. The van der Waals surface area contributed by atoms with Crippen LogP contribution < -0.4 is 0 Å². The molecule has 2 bridgehead atoms. The van der Waals surface area contributed by atoms with Gasteiger partial charge in [-0.15, -0.1) is 0 Å². The molecule has 4 saturated carbocycles. The summed E-state index contributed by atoms with van der Waals surface area (Å²) in [5.41, 5.74) is -1.41. The number of carbonyl (C=O) groups excluding carboxylic acids is 2. The number of carbonyl (C=O) groups is 2. The first-order chi connectivity index (χ1) is 11.2. The molecule has 0 aliphatic heterocycles. The molecule has 4 rings (SSSR count). The fourth-order valence-electron chi connectivity index (χ4n) is 7.66. The molecule has 1 spiro atoms. The number of hydrogen-bond acceptors (Lipinski definition) is 4. The molecule has 1 N–H and O–H groups in total. The minimum Gasteiger partial charge on any atom is -0.469 e. The van der Waals surface area contributed by atoms with Gasteiger partial charge in [-0.25, -0.2) is 0 Å². The molecule has 4 aliphatic rings. The van der Waals surface area contributed by atoms with Gasteiger partial charge in [0.1, 0.15) is 5.60 Å². The molecule has 0 radical (unpaired) electrons. The van der Waals surface area contributed by atoms with E-state index in [1.165, 1.54) is 7.11 Å². The van der Waals surface area contributed by atoms with Crippen LogP contribution in [0.4, 0.5) is 0 Å². The zero-order valence-electron chi connectivity index (χ0n) is 15.2. The standard InChI is InChI=1S/C20H30O4/c1-17-7-4-8-18(2,16(22)24-3)13(17)5-9-19-11-15(21)20(23,12-19)10-6-14(17)19/h13-14,23H,4-12H2,1-3H3/t13-,14-,17+,18+,19+,20-/m0/s1. The molecule has 0 amide bonds. The molecule has 4 heteroatoms. The van der Waals surface area contributed by atoms with Crippen molar-refractivity contribution in [3.63, 3.8) is 0 Å². The highest BCUT2D eigenvalue weighted by Gasteiger charge is 2.69. The van der Waals surface area contributed by atoms with Crippen molar-refractivity contribution in [2.45, 2.75) is 77.2 Å². The van der Waals surface area contributed by atoms with Crippen LogP contribution in [0, 0.1) is 28.1 Å². The Bertz CT molecular complexity index is 600. The van der Waals surface area contributed by atoms with Gasteiger partial charge in [0.25, 0.3) is 0 Å². The van der Waals surface area contributed by atoms with Crippen LogP contribution in [0.5, 0.6) is 0 Å². The summed E-state index contributed by atoms with van der Waals surface area (Å²) >= 11 is 0. The van der Waals surface area contributed by atoms with Crippen molar-refractivity contribution in [1.29, 1.82) is 0 Å². The molecule has 0 aromatic rings. The molecule has 0 aromatic heterocycles. The predicted octanol–water partition coefficient (Wildman–Crippen LogP) is 3.26. The van der Waals surface area contributed by atoms with Crippen molar-refractivity contribution in [3.05, 3.63) is 0 Å². The normalized spacial score (nSPS) is 53.2. The van der Waals surface area contributed by atoms with Crippen LogP contribution in [-0.4, -0.2) is 29.6 Å². The van der Waals surface area contributed by atoms with Gasteiger partial charge in [0.2, 0.25) is 0 Å². The van der Waals surface area contributed by atoms with Crippen LogP contribution in [0.3, 0.4) is 0 Å². The van der Waals surface area contributed by atoms with Crippen molar-refractivity contribution in [2.24, 2.45) is 28.1 Å². The van der Waals surface area contributed by atoms with Crippen molar-refractivity contribution in [1.82, 2.24) is 0 Å². The highest BCUT2D eigenvalue weighted by Crippen LogP contribution is 2.71. The third-order valence-electron chi connectivity index (χ3n) is 8.62. The van der Waals surface area contributed by atoms with Gasteiger partial charge >= 0.3 is 5.97 Å². The van der Waals surface area contributed by atoms with E-state index in [0.29, 0.717) is 31.1 Å². The number of aliphatic hydroxyl groups is 1. The maximum Gasteiger partial charge on any atom is 0.311 e. The summed E-state index contributed by atoms with van der Waals surface area (Å²) in [6, 6.07) is 0. The summed E-state index contributed by atoms with van der Waals surface area (Å²) in [5, 5.41) is 10.7. The van der Waals surface area contributed by atoms with E-state index < -0.39 is 11.0 Å². The molecule has 6 atom stereocenters. The predicted molar refractivity (Wildman–Crippen MR) is 89.2 cm³/mol. The molecule has 4 nitrogen and oxygen atoms in total. The topological polar surface area (TPSA) is 63.6 Å². The number of ether oxygens (including phenoxy) is 1. The lowest BCUT2D eigenvalue weighted by Gasteiger charge is -2.63. The summed E-state index contributed by atoms with van der Waals surface area (Å²) in [7, 11) is 1.50. The zero-order chi connectivity index (χ0) is 17.4. The van der Waals surface area contributed by atoms with E-state index in [0.717, 1.165) is 38.5 Å². The Labute approximate surface area is 144 Å². The summed E-state index contributed by atoms with van der Waals surface area (Å²) in [6.45, 7) is 4.45. The number of hydrogen-bond donors (Lipinski definition) is 1. The van der Waals surface area contributed by atoms with Gasteiger partial charge in [-0.3, -0.25) is 9.59 Å². The van der Waals surface area contributed by atoms with Crippen molar-refractivity contribution in [3.8, 4) is 0 Å². The number of ketones is 1. The number of fused-ring (bicyclic) bond motifs is 3. The fourth-order valence-corrected chi connectivity index (χ4v) is 7.66. The van der Waals surface area contributed by atoms with Gasteiger partial charge in [-0.1, -0.05) is 13.3 Å². The Hall–Kier alpha value is -0.900. The fraction of sp³-hybridized carbons (Fsp3) is 0.900. The highest BCUT2D eigenvalue weighted by atomic mass is 16.5. The quantitative estimate of drug-likeness (QED) is 0.748. The van der Waals surface area contributed by atoms with Gasteiger partial charge in [-0.2, -0.15) is 0 Å². The van der Waals surface area contributed by atoms with E-state index >= 15 is 0 Å². The van der Waals surface area contributed by atoms with Crippen LogP contribution in [0.25, 0.3) is 0 Å². The maximum atomic E-state index is 12.6. The van der Waals surface area contributed by atoms with Gasteiger partial charge in [0.15, 0.2) is 5.78 Å².